The van der Waals surface area contributed by atoms with E-state index in [-0.39, 0.29) is 11.9 Å². The minimum absolute atomic E-state index is 0.0376. The SMILES string of the molecule is CNC(c1nc(C)cs1)c1cc(F)ccc1C. The molecule has 2 rings (SSSR count). The van der Waals surface area contributed by atoms with Crippen molar-refractivity contribution in [1.29, 1.82) is 0 Å². The Balaban J connectivity index is 2.45. The zero-order valence-electron chi connectivity index (χ0n) is 10.1. The predicted molar refractivity (Wildman–Crippen MR) is 68.9 cm³/mol. The lowest BCUT2D eigenvalue weighted by Gasteiger charge is -2.16. The van der Waals surface area contributed by atoms with Crippen LogP contribution in [0.5, 0.6) is 0 Å². The van der Waals surface area contributed by atoms with Crippen LogP contribution in [0.25, 0.3) is 0 Å². The van der Waals surface area contributed by atoms with Gasteiger partial charge in [-0.3, -0.25) is 0 Å². The molecule has 0 radical (unpaired) electrons. The third kappa shape index (κ3) is 2.53. The molecule has 2 aromatic rings. The van der Waals surface area contributed by atoms with Gasteiger partial charge in [0.25, 0.3) is 0 Å². The molecule has 0 amide bonds. The average molecular weight is 250 g/mol. The van der Waals surface area contributed by atoms with E-state index in [2.05, 4.69) is 10.3 Å². The number of hydrogen-bond donors (Lipinski definition) is 1. The number of thiazole rings is 1. The topological polar surface area (TPSA) is 24.9 Å². The van der Waals surface area contributed by atoms with Gasteiger partial charge in [-0.05, 0) is 44.2 Å². The second-order valence-corrected chi connectivity index (χ2v) is 4.94. The van der Waals surface area contributed by atoms with Crippen molar-refractivity contribution in [3.8, 4) is 0 Å². The highest BCUT2D eigenvalue weighted by atomic mass is 32.1. The summed E-state index contributed by atoms with van der Waals surface area (Å²) in [5, 5.41) is 6.18. The molecule has 0 bridgehead atoms. The van der Waals surface area contributed by atoms with Gasteiger partial charge in [0.2, 0.25) is 0 Å². The van der Waals surface area contributed by atoms with E-state index in [4.69, 9.17) is 0 Å². The molecule has 1 atom stereocenters. The fourth-order valence-electron chi connectivity index (χ4n) is 1.84. The van der Waals surface area contributed by atoms with Gasteiger partial charge in [0.1, 0.15) is 10.8 Å². The number of nitrogens with zero attached hydrogens (tertiary/aromatic N) is 1. The van der Waals surface area contributed by atoms with E-state index < -0.39 is 0 Å². The third-order valence-electron chi connectivity index (χ3n) is 2.72. The summed E-state index contributed by atoms with van der Waals surface area (Å²) >= 11 is 1.60. The zero-order chi connectivity index (χ0) is 12.4. The standard InChI is InChI=1S/C13H15FN2S/c1-8-4-5-10(14)6-11(8)12(15-3)13-16-9(2)7-17-13/h4-7,12,15H,1-3H3. The van der Waals surface area contributed by atoms with Gasteiger partial charge in [0.15, 0.2) is 0 Å². The fraction of sp³-hybridized carbons (Fsp3) is 0.308. The number of aryl methyl sites for hydroxylation is 2. The van der Waals surface area contributed by atoms with E-state index in [1.54, 1.807) is 23.5 Å². The highest BCUT2D eigenvalue weighted by Crippen LogP contribution is 2.27. The van der Waals surface area contributed by atoms with Gasteiger partial charge in [0.05, 0.1) is 6.04 Å². The van der Waals surface area contributed by atoms with Crippen molar-refractivity contribution in [2.24, 2.45) is 0 Å². The Morgan fingerprint density at radius 2 is 2.12 bits per heavy atom. The van der Waals surface area contributed by atoms with Crippen molar-refractivity contribution < 1.29 is 4.39 Å². The molecular formula is C13H15FN2S. The van der Waals surface area contributed by atoms with Gasteiger partial charge < -0.3 is 5.32 Å². The summed E-state index contributed by atoms with van der Waals surface area (Å²) in [6.07, 6.45) is 0. The maximum atomic E-state index is 13.3. The molecule has 0 fully saturated rings. The van der Waals surface area contributed by atoms with Crippen LogP contribution in [0.2, 0.25) is 0 Å². The Hall–Kier alpha value is -1.26. The molecule has 0 aliphatic rings. The van der Waals surface area contributed by atoms with Crippen molar-refractivity contribution in [2.45, 2.75) is 19.9 Å². The Kier molecular flexibility index (Phi) is 3.54. The van der Waals surface area contributed by atoms with Gasteiger partial charge in [0, 0.05) is 11.1 Å². The van der Waals surface area contributed by atoms with Crippen LogP contribution in [0.1, 0.15) is 27.9 Å². The van der Waals surface area contributed by atoms with Gasteiger partial charge in [-0.15, -0.1) is 11.3 Å². The molecule has 0 saturated heterocycles. The molecule has 17 heavy (non-hydrogen) atoms. The Labute approximate surface area is 105 Å². The van der Waals surface area contributed by atoms with Gasteiger partial charge in [-0.1, -0.05) is 6.07 Å². The van der Waals surface area contributed by atoms with E-state index in [1.165, 1.54) is 6.07 Å². The zero-order valence-corrected chi connectivity index (χ0v) is 10.9. The number of rotatable bonds is 3. The van der Waals surface area contributed by atoms with Crippen LogP contribution >= 0.6 is 11.3 Å². The molecule has 90 valence electrons. The van der Waals surface area contributed by atoms with E-state index >= 15 is 0 Å². The lowest BCUT2D eigenvalue weighted by Crippen LogP contribution is -2.18. The maximum Gasteiger partial charge on any atom is 0.123 e. The van der Waals surface area contributed by atoms with Crippen molar-refractivity contribution in [3.05, 3.63) is 51.2 Å². The highest BCUT2D eigenvalue weighted by Gasteiger charge is 2.17. The van der Waals surface area contributed by atoms with Gasteiger partial charge in [-0.2, -0.15) is 0 Å². The summed E-state index contributed by atoms with van der Waals surface area (Å²) < 4.78 is 13.3. The Bertz CT molecular complexity index is 522. The van der Waals surface area contributed by atoms with E-state index in [1.807, 2.05) is 26.3 Å². The first-order valence-electron chi connectivity index (χ1n) is 5.47. The number of halogens is 1. The minimum atomic E-state index is -0.209. The first-order valence-corrected chi connectivity index (χ1v) is 6.35. The smallest absolute Gasteiger partial charge is 0.123 e. The average Bonchev–Trinajstić information content (AvgIpc) is 2.71. The van der Waals surface area contributed by atoms with Crippen LogP contribution in [0, 0.1) is 19.7 Å². The monoisotopic (exact) mass is 250 g/mol. The van der Waals surface area contributed by atoms with Crippen LogP contribution in [0.3, 0.4) is 0 Å². The molecular weight excluding hydrogens is 235 g/mol. The van der Waals surface area contributed by atoms with Gasteiger partial charge in [-0.25, -0.2) is 9.37 Å². The van der Waals surface area contributed by atoms with Crippen molar-refractivity contribution in [3.63, 3.8) is 0 Å². The third-order valence-corrected chi connectivity index (χ3v) is 3.75. The van der Waals surface area contributed by atoms with Crippen molar-refractivity contribution in [1.82, 2.24) is 10.3 Å². The summed E-state index contributed by atoms with van der Waals surface area (Å²) in [5.74, 6) is -0.209. The van der Waals surface area contributed by atoms with Crippen LogP contribution in [0.4, 0.5) is 4.39 Å². The van der Waals surface area contributed by atoms with Crippen LogP contribution in [-0.4, -0.2) is 12.0 Å². The molecule has 1 N–H and O–H groups in total. The lowest BCUT2D eigenvalue weighted by atomic mass is 10.0. The van der Waals surface area contributed by atoms with Crippen molar-refractivity contribution >= 4 is 11.3 Å². The second-order valence-electron chi connectivity index (χ2n) is 4.05. The molecule has 1 aromatic carbocycles. The first kappa shape index (κ1) is 12.2. The quantitative estimate of drug-likeness (QED) is 0.904. The molecule has 1 heterocycles. The molecule has 0 aliphatic heterocycles. The maximum absolute atomic E-state index is 13.3. The molecule has 0 saturated carbocycles. The summed E-state index contributed by atoms with van der Waals surface area (Å²) in [5.41, 5.74) is 3.01. The molecule has 1 unspecified atom stereocenters. The molecule has 4 heteroatoms. The molecule has 1 aromatic heterocycles. The Morgan fingerprint density at radius 1 is 1.35 bits per heavy atom. The lowest BCUT2D eigenvalue weighted by molar-refractivity contribution is 0.614. The highest BCUT2D eigenvalue weighted by molar-refractivity contribution is 7.09. The normalized spacial score (nSPS) is 12.7. The largest absolute Gasteiger partial charge is 0.307 e. The van der Waals surface area contributed by atoms with Crippen LogP contribution in [-0.2, 0) is 0 Å². The molecule has 2 nitrogen and oxygen atoms in total. The van der Waals surface area contributed by atoms with Gasteiger partial charge >= 0.3 is 0 Å². The van der Waals surface area contributed by atoms with Crippen LogP contribution < -0.4 is 5.32 Å². The molecule has 0 spiro atoms. The number of benzene rings is 1. The summed E-state index contributed by atoms with van der Waals surface area (Å²) in [4.78, 5) is 4.46. The van der Waals surface area contributed by atoms with Crippen molar-refractivity contribution in [2.75, 3.05) is 7.05 Å². The number of nitrogens with one attached hydrogen (secondary N) is 1. The fourth-order valence-corrected chi connectivity index (χ4v) is 2.76. The summed E-state index contributed by atoms with van der Waals surface area (Å²) in [7, 11) is 1.87. The molecule has 0 aliphatic carbocycles. The predicted octanol–water partition coefficient (Wildman–Crippen LogP) is 3.21. The first-order chi connectivity index (χ1) is 8.11. The summed E-state index contributed by atoms with van der Waals surface area (Å²) in [6, 6.07) is 4.82. The van der Waals surface area contributed by atoms with Crippen LogP contribution in [0.15, 0.2) is 23.6 Å². The Morgan fingerprint density at radius 3 is 2.71 bits per heavy atom. The second kappa shape index (κ2) is 4.94. The van der Waals surface area contributed by atoms with E-state index in [0.29, 0.717) is 0 Å². The van der Waals surface area contributed by atoms with E-state index in [9.17, 15) is 4.39 Å². The number of hydrogen-bond acceptors (Lipinski definition) is 3. The number of aromatic nitrogens is 1. The summed E-state index contributed by atoms with van der Waals surface area (Å²) in [6.45, 7) is 3.95. The minimum Gasteiger partial charge on any atom is -0.307 e. The van der Waals surface area contributed by atoms with E-state index in [0.717, 1.165) is 21.8 Å².